The first kappa shape index (κ1) is 17.0. The van der Waals surface area contributed by atoms with Gasteiger partial charge in [0.1, 0.15) is 24.0 Å². The largest absolute Gasteiger partial charge is 0.377 e. The topological polar surface area (TPSA) is 76.7 Å². The molecule has 1 N–H and O–H groups in total. The Morgan fingerprint density at radius 2 is 1.92 bits per heavy atom. The number of hydrogen-bond donors (Lipinski definition) is 1. The zero-order valence-electron chi connectivity index (χ0n) is 12.5. The van der Waals surface area contributed by atoms with Gasteiger partial charge >= 0.3 is 0 Å². The van der Waals surface area contributed by atoms with E-state index in [1.54, 1.807) is 6.07 Å². The van der Waals surface area contributed by atoms with Crippen LogP contribution in [0.1, 0.15) is 17.3 Å². The Bertz CT molecular complexity index is 846. The van der Waals surface area contributed by atoms with Crippen molar-refractivity contribution >= 4 is 0 Å². The van der Waals surface area contributed by atoms with Crippen molar-refractivity contribution in [2.75, 3.05) is 0 Å². The van der Waals surface area contributed by atoms with Crippen LogP contribution < -0.4 is 0 Å². The number of tetrazole rings is 1. The molecule has 2 atom stereocenters. The fraction of sp³-hybridized carbons (Fsp3) is 0.200. The molecule has 0 saturated carbocycles. The fourth-order valence-corrected chi connectivity index (χ4v) is 2.59. The minimum absolute atomic E-state index is 0.0266. The van der Waals surface area contributed by atoms with Crippen LogP contribution in [-0.4, -0.2) is 36.7 Å². The van der Waals surface area contributed by atoms with Crippen LogP contribution in [0.3, 0.4) is 0 Å². The first-order valence-corrected chi connectivity index (χ1v) is 7.04. The summed E-state index contributed by atoms with van der Waals surface area (Å²) in [6.45, 7) is 0. The lowest BCUT2D eigenvalue weighted by Crippen LogP contribution is -2.45. The fourth-order valence-electron chi connectivity index (χ4n) is 2.59. The van der Waals surface area contributed by atoms with Gasteiger partial charge < -0.3 is 5.11 Å². The van der Waals surface area contributed by atoms with Gasteiger partial charge in [0, 0.05) is 17.8 Å². The van der Waals surface area contributed by atoms with Crippen LogP contribution in [0, 0.1) is 11.6 Å². The predicted molar refractivity (Wildman–Crippen MR) is 76.5 cm³/mol. The Morgan fingerprint density at radius 1 is 1.12 bits per heavy atom. The lowest BCUT2D eigenvalue weighted by Gasteiger charge is -2.35. The van der Waals surface area contributed by atoms with Crippen LogP contribution >= 0.6 is 0 Å². The highest BCUT2D eigenvalue weighted by molar-refractivity contribution is 5.31. The first-order chi connectivity index (χ1) is 11.9. The Kier molecular flexibility index (Phi) is 4.45. The van der Waals surface area contributed by atoms with E-state index in [2.05, 4.69) is 20.5 Å². The molecule has 2 heterocycles. The summed E-state index contributed by atoms with van der Waals surface area (Å²) < 4.78 is 56.1. The molecule has 0 saturated heterocycles. The summed E-state index contributed by atoms with van der Waals surface area (Å²) in [6.07, 6.45) is -1.14. The number of benzene rings is 1. The molecule has 0 spiro atoms. The van der Waals surface area contributed by atoms with Gasteiger partial charge in [-0.15, -0.1) is 5.10 Å². The minimum Gasteiger partial charge on any atom is -0.377 e. The number of rotatable bonds is 5. The Hall–Kier alpha value is -2.88. The third-order valence-corrected chi connectivity index (χ3v) is 3.71. The summed E-state index contributed by atoms with van der Waals surface area (Å²) in [6, 6.07) is 4.72. The number of nitrogens with zero attached hydrogens (tertiary/aromatic N) is 5. The molecule has 130 valence electrons. The summed E-state index contributed by atoms with van der Waals surface area (Å²) in [5.41, 5.74) is -3.92. The Balaban J connectivity index is 2.25. The second-order valence-electron chi connectivity index (χ2n) is 5.20. The van der Waals surface area contributed by atoms with E-state index in [9.17, 15) is 22.7 Å². The molecule has 0 fully saturated rings. The van der Waals surface area contributed by atoms with Crippen molar-refractivity contribution in [3.8, 4) is 0 Å². The molecule has 0 amide bonds. The van der Waals surface area contributed by atoms with Gasteiger partial charge in [0.25, 0.3) is 6.43 Å². The molecule has 0 aliphatic carbocycles. The van der Waals surface area contributed by atoms with E-state index in [1.165, 1.54) is 18.3 Å². The maximum absolute atomic E-state index is 14.2. The van der Waals surface area contributed by atoms with Gasteiger partial charge in [-0.2, -0.15) is 0 Å². The summed E-state index contributed by atoms with van der Waals surface area (Å²) in [4.78, 5) is 3.95. The van der Waals surface area contributed by atoms with Crippen molar-refractivity contribution in [3.05, 3.63) is 71.8 Å². The van der Waals surface area contributed by atoms with Crippen molar-refractivity contribution in [1.29, 1.82) is 0 Å². The van der Waals surface area contributed by atoms with Gasteiger partial charge in [0.2, 0.25) is 0 Å². The summed E-state index contributed by atoms with van der Waals surface area (Å²) in [7, 11) is 0. The lowest BCUT2D eigenvalue weighted by molar-refractivity contribution is -0.131. The van der Waals surface area contributed by atoms with Crippen molar-refractivity contribution in [3.63, 3.8) is 0 Å². The van der Waals surface area contributed by atoms with E-state index >= 15 is 0 Å². The normalized spacial score (nSPS) is 15.1. The number of aromatic nitrogens is 5. The second kappa shape index (κ2) is 6.55. The second-order valence-corrected chi connectivity index (χ2v) is 5.20. The molecule has 0 bridgehead atoms. The van der Waals surface area contributed by atoms with E-state index in [0.29, 0.717) is 6.07 Å². The maximum Gasteiger partial charge on any atom is 0.273 e. The highest BCUT2D eigenvalue weighted by Crippen LogP contribution is 2.42. The summed E-state index contributed by atoms with van der Waals surface area (Å²) >= 11 is 0. The van der Waals surface area contributed by atoms with Gasteiger partial charge in [-0.3, -0.25) is 4.98 Å². The molecule has 2 unspecified atom stereocenters. The molecule has 3 rings (SSSR count). The number of halogens is 4. The molecular formula is C15H11F4N5O. The highest BCUT2D eigenvalue weighted by atomic mass is 19.3. The molecule has 0 aliphatic heterocycles. The zero-order chi connectivity index (χ0) is 18.0. The van der Waals surface area contributed by atoms with Crippen LogP contribution in [0.15, 0.2) is 48.9 Å². The molecule has 1 aromatic carbocycles. The van der Waals surface area contributed by atoms with Crippen molar-refractivity contribution in [2.24, 2.45) is 0 Å². The quantitative estimate of drug-likeness (QED) is 0.711. The molecule has 25 heavy (non-hydrogen) atoms. The van der Waals surface area contributed by atoms with Crippen molar-refractivity contribution in [1.82, 2.24) is 25.2 Å². The molecule has 0 aliphatic rings. The number of aliphatic hydroxyl groups is 1. The van der Waals surface area contributed by atoms with E-state index in [1.807, 2.05) is 0 Å². The molecule has 10 heteroatoms. The van der Waals surface area contributed by atoms with Gasteiger partial charge in [-0.1, -0.05) is 6.07 Å². The molecular weight excluding hydrogens is 342 g/mol. The molecule has 6 nitrogen and oxygen atoms in total. The third kappa shape index (κ3) is 2.95. The maximum atomic E-state index is 14.2. The predicted octanol–water partition coefficient (Wildman–Crippen LogP) is 2.09. The van der Waals surface area contributed by atoms with E-state index in [-0.39, 0.29) is 5.69 Å². The van der Waals surface area contributed by atoms with E-state index in [0.717, 1.165) is 23.1 Å². The third-order valence-electron chi connectivity index (χ3n) is 3.71. The Morgan fingerprint density at radius 3 is 2.48 bits per heavy atom. The molecule has 2 aromatic heterocycles. The average Bonchev–Trinajstić information content (AvgIpc) is 3.09. The summed E-state index contributed by atoms with van der Waals surface area (Å²) in [5.74, 6) is -2.29. The number of hydrogen-bond acceptors (Lipinski definition) is 5. The van der Waals surface area contributed by atoms with Crippen LogP contribution in [0.25, 0.3) is 0 Å². The molecule has 3 aromatic rings. The minimum atomic E-state index is -3.45. The SMILES string of the molecule is OC(c1ccc(F)cc1F)(C(F)F)C(c1ccccn1)n1cnnn1. The smallest absolute Gasteiger partial charge is 0.273 e. The van der Waals surface area contributed by atoms with Crippen molar-refractivity contribution < 1.29 is 22.7 Å². The van der Waals surface area contributed by atoms with E-state index in [4.69, 9.17) is 0 Å². The van der Waals surface area contributed by atoms with Crippen molar-refractivity contribution in [2.45, 2.75) is 18.1 Å². The van der Waals surface area contributed by atoms with Crippen LogP contribution in [0.2, 0.25) is 0 Å². The van der Waals surface area contributed by atoms with Crippen LogP contribution in [0.4, 0.5) is 17.6 Å². The standard InChI is InChI=1S/C15H11F4N5O/c16-9-4-5-10(11(17)7-9)15(25,14(18)19)13(24-8-21-22-23-24)12-3-1-2-6-20-12/h1-8,13-14,25H. The highest BCUT2D eigenvalue weighted by Gasteiger charge is 2.51. The Labute approximate surface area is 138 Å². The monoisotopic (exact) mass is 353 g/mol. The number of alkyl halides is 2. The molecule has 0 radical (unpaired) electrons. The van der Waals surface area contributed by atoms with Gasteiger partial charge in [-0.05, 0) is 34.7 Å². The van der Waals surface area contributed by atoms with Crippen LogP contribution in [-0.2, 0) is 5.60 Å². The lowest BCUT2D eigenvalue weighted by atomic mass is 9.84. The zero-order valence-corrected chi connectivity index (χ0v) is 12.5. The number of pyridine rings is 1. The van der Waals surface area contributed by atoms with E-state index < -0.39 is 35.3 Å². The first-order valence-electron chi connectivity index (χ1n) is 7.04. The van der Waals surface area contributed by atoms with Gasteiger partial charge in [-0.25, -0.2) is 22.2 Å². The van der Waals surface area contributed by atoms with Gasteiger partial charge in [0.15, 0.2) is 5.60 Å². The summed E-state index contributed by atoms with van der Waals surface area (Å²) in [5, 5.41) is 21.1. The average molecular weight is 353 g/mol. The van der Waals surface area contributed by atoms with Crippen LogP contribution in [0.5, 0.6) is 0 Å². The van der Waals surface area contributed by atoms with Gasteiger partial charge in [0.05, 0.1) is 5.69 Å².